The molecule has 2 N–H and O–H groups in total. The van der Waals surface area contributed by atoms with Crippen molar-refractivity contribution in [3.63, 3.8) is 0 Å². The summed E-state index contributed by atoms with van der Waals surface area (Å²) in [5, 5.41) is 8.13. The number of piperazine rings is 1. The molecule has 0 bridgehead atoms. The van der Waals surface area contributed by atoms with Crippen molar-refractivity contribution in [2.45, 2.75) is 19.0 Å². The lowest BCUT2D eigenvalue weighted by Gasteiger charge is -2.27. The predicted molar refractivity (Wildman–Crippen MR) is 52.7 cm³/mol. The highest BCUT2D eigenvalue weighted by molar-refractivity contribution is 7.10. The Labute approximate surface area is 81.2 Å². The third-order valence-corrected chi connectivity index (χ3v) is 3.04. The predicted octanol–water partition coefficient (Wildman–Crippen LogP) is 0.897. The zero-order valence-corrected chi connectivity index (χ0v) is 8.23. The number of thiophene rings is 1. The van der Waals surface area contributed by atoms with Gasteiger partial charge in [0.15, 0.2) is 0 Å². The maximum absolute atomic E-state index is 11.5. The average Bonchev–Trinajstić information content (AvgIpc) is 2.56. The van der Waals surface area contributed by atoms with Crippen LogP contribution in [0.1, 0.15) is 17.8 Å². The summed E-state index contributed by atoms with van der Waals surface area (Å²) in [6, 6.07) is 4.05. The van der Waals surface area contributed by atoms with Crippen LogP contribution in [0.25, 0.3) is 0 Å². The molecule has 1 aliphatic rings. The van der Waals surface area contributed by atoms with Crippen LogP contribution in [0.15, 0.2) is 17.5 Å². The monoisotopic (exact) mass is 196 g/mol. The molecule has 0 spiro atoms. The Morgan fingerprint density at radius 1 is 1.62 bits per heavy atom. The van der Waals surface area contributed by atoms with Gasteiger partial charge in [0.25, 0.3) is 0 Å². The van der Waals surface area contributed by atoms with Crippen LogP contribution in [0, 0.1) is 0 Å². The first kappa shape index (κ1) is 8.72. The van der Waals surface area contributed by atoms with E-state index in [-0.39, 0.29) is 18.0 Å². The maximum atomic E-state index is 11.5. The fraction of sp³-hybridized carbons (Fsp3) is 0.444. The summed E-state index contributed by atoms with van der Waals surface area (Å²) in [6.07, 6.45) is 0. The SMILES string of the molecule is C[C@H]1CN[C@@H](c2cccs2)C(=O)N1. The van der Waals surface area contributed by atoms with Crippen molar-refractivity contribution in [1.82, 2.24) is 10.6 Å². The highest BCUT2D eigenvalue weighted by atomic mass is 32.1. The summed E-state index contributed by atoms with van der Waals surface area (Å²) < 4.78 is 0. The first-order chi connectivity index (χ1) is 6.27. The zero-order chi connectivity index (χ0) is 9.26. The lowest BCUT2D eigenvalue weighted by Crippen LogP contribution is -2.52. The number of amides is 1. The van der Waals surface area contributed by atoms with Crippen molar-refractivity contribution in [2.24, 2.45) is 0 Å². The Kier molecular flexibility index (Phi) is 2.33. The summed E-state index contributed by atoms with van der Waals surface area (Å²) in [5.41, 5.74) is 0. The lowest BCUT2D eigenvalue weighted by atomic mass is 10.1. The van der Waals surface area contributed by atoms with E-state index < -0.39 is 0 Å². The van der Waals surface area contributed by atoms with Gasteiger partial charge in [-0.15, -0.1) is 11.3 Å². The molecule has 1 aliphatic heterocycles. The Bertz CT molecular complexity index is 297. The Morgan fingerprint density at radius 2 is 2.46 bits per heavy atom. The second kappa shape index (κ2) is 3.47. The minimum absolute atomic E-state index is 0.0844. The van der Waals surface area contributed by atoms with E-state index in [1.807, 2.05) is 24.4 Å². The van der Waals surface area contributed by atoms with Crippen LogP contribution in [0.3, 0.4) is 0 Å². The molecule has 0 radical (unpaired) electrons. The van der Waals surface area contributed by atoms with Crippen LogP contribution >= 0.6 is 11.3 Å². The first-order valence-corrected chi connectivity index (χ1v) is 5.22. The molecule has 0 saturated carbocycles. The summed E-state index contributed by atoms with van der Waals surface area (Å²) >= 11 is 1.61. The number of rotatable bonds is 1. The minimum Gasteiger partial charge on any atom is -0.351 e. The van der Waals surface area contributed by atoms with E-state index >= 15 is 0 Å². The number of carbonyl (C=O) groups is 1. The highest BCUT2D eigenvalue weighted by Crippen LogP contribution is 2.20. The van der Waals surface area contributed by atoms with Gasteiger partial charge in [0.2, 0.25) is 5.91 Å². The van der Waals surface area contributed by atoms with E-state index in [1.54, 1.807) is 11.3 Å². The van der Waals surface area contributed by atoms with E-state index in [0.717, 1.165) is 11.4 Å². The van der Waals surface area contributed by atoms with Gasteiger partial charge in [0, 0.05) is 17.5 Å². The average molecular weight is 196 g/mol. The molecule has 2 rings (SSSR count). The topological polar surface area (TPSA) is 41.1 Å². The molecule has 70 valence electrons. The second-order valence-corrected chi connectivity index (χ2v) is 4.25. The number of nitrogens with one attached hydrogen (secondary N) is 2. The van der Waals surface area contributed by atoms with Crippen LogP contribution in [0.4, 0.5) is 0 Å². The Hall–Kier alpha value is -0.870. The number of hydrogen-bond donors (Lipinski definition) is 2. The largest absolute Gasteiger partial charge is 0.351 e. The van der Waals surface area contributed by atoms with E-state index in [0.29, 0.717) is 0 Å². The number of hydrogen-bond acceptors (Lipinski definition) is 3. The van der Waals surface area contributed by atoms with Gasteiger partial charge in [0.1, 0.15) is 6.04 Å². The fourth-order valence-corrected chi connectivity index (χ4v) is 2.25. The summed E-state index contributed by atoms with van der Waals surface area (Å²) in [4.78, 5) is 12.6. The molecule has 2 heterocycles. The quantitative estimate of drug-likeness (QED) is 0.700. The molecule has 1 saturated heterocycles. The van der Waals surface area contributed by atoms with Crippen molar-refractivity contribution < 1.29 is 4.79 Å². The van der Waals surface area contributed by atoms with Gasteiger partial charge < -0.3 is 5.32 Å². The molecule has 4 heteroatoms. The molecule has 0 aromatic carbocycles. The number of carbonyl (C=O) groups excluding carboxylic acids is 1. The van der Waals surface area contributed by atoms with Crippen molar-refractivity contribution >= 4 is 17.2 Å². The van der Waals surface area contributed by atoms with Gasteiger partial charge in [-0.2, -0.15) is 0 Å². The van der Waals surface area contributed by atoms with Gasteiger partial charge in [-0.05, 0) is 18.4 Å². The minimum atomic E-state index is -0.142. The summed E-state index contributed by atoms with van der Waals surface area (Å²) in [6.45, 7) is 2.84. The van der Waals surface area contributed by atoms with Crippen LogP contribution in [-0.2, 0) is 4.79 Å². The van der Waals surface area contributed by atoms with Crippen LogP contribution in [0.5, 0.6) is 0 Å². The van der Waals surface area contributed by atoms with E-state index in [1.165, 1.54) is 0 Å². The van der Waals surface area contributed by atoms with Gasteiger partial charge in [0.05, 0.1) is 0 Å². The van der Waals surface area contributed by atoms with Crippen LogP contribution < -0.4 is 10.6 Å². The van der Waals surface area contributed by atoms with Crippen LogP contribution in [0.2, 0.25) is 0 Å². The molecule has 0 unspecified atom stereocenters. The molecule has 2 atom stereocenters. The summed E-state index contributed by atoms with van der Waals surface area (Å²) in [5.74, 6) is 0.0844. The van der Waals surface area contributed by atoms with Crippen molar-refractivity contribution in [1.29, 1.82) is 0 Å². The molecule has 3 nitrogen and oxygen atoms in total. The molecule has 0 aliphatic carbocycles. The van der Waals surface area contributed by atoms with Gasteiger partial charge in [-0.1, -0.05) is 6.07 Å². The Balaban J connectivity index is 2.13. The second-order valence-electron chi connectivity index (χ2n) is 3.27. The summed E-state index contributed by atoms with van der Waals surface area (Å²) in [7, 11) is 0. The molecule has 1 aromatic rings. The van der Waals surface area contributed by atoms with E-state index in [9.17, 15) is 4.79 Å². The zero-order valence-electron chi connectivity index (χ0n) is 7.41. The van der Waals surface area contributed by atoms with Gasteiger partial charge in [-0.25, -0.2) is 0 Å². The third-order valence-electron chi connectivity index (χ3n) is 2.11. The molecular weight excluding hydrogens is 184 g/mol. The van der Waals surface area contributed by atoms with Crippen LogP contribution in [-0.4, -0.2) is 18.5 Å². The van der Waals surface area contributed by atoms with Crippen molar-refractivity contribution in [3.05, 3.63) is 22.4 Å². The van der Waals surface area contributed by atoms with Gasteiger partial charge >= 0.3 is 0 Å². The Morgan fingerprint density at radius 3 is 3.08 bits per heavy atom. The van der Waals surface area contributed by atoms with Crippen molar-refractivity contribution in [2.75, 3.05) is 6.54 Å². The third kappa shape index (κ3) is 1.73. The van der Waals surface area contributed by atoms with Crippen molar-refractivity contribution in [3.8, 4) is 0 Å². The van der Waals surface area contributed by atoms with E-state index in [4.69, 9.17) is 0 Å². The molecule has 13 heavy (non-hydrogen) atoms. The van der Waals surface area contributed by atoms with E-state index in [2.05, 4.69) is 10.6 Å². The molecule has 1 amide bonds. The van der Waals surface area contributed by atoms with Gasteiger partial charge in [-0.3, -0.25) is 10.1 Å². The first-order valence-electron chi connectivity index (χ1n) is 4.34. The molecule has 1 fully saturated rings. The molecule has 1 aromatic heterocycles. The molecular formula is C9H12N2OS. The maximum Gasteiger partial charge on any atom is 0.242 e. The highest BCUT2D eigenvalue weighted by Gasteiger charge is 2.26. The smallest absolute Gasteiger partial charge is 0.242 e. The normalized spacial score (nSPS) is 28.5. The fourth-order valence-electron chi connectivity index (χ4n) is 1.45. The standard InChI is InChI=1S/C9H12N2OS/c1-6-5-10-8(9(12)11-6)7-3-2-4-13-7/h2-4,6,8,10H,5H2,1H3,(H,11,12)/t6-,8-/m0/s1. The lowest BCUT2D eigenvalue weighted by molar-refractivity contribution is -0.125.